The smallest absolute Gasteiger partial charge is 0.321 e. The lowest BCUT2D eigenvalue weighted by Gasteiger charge is -2.10. The second-order valence-corrected chi connectivity index (χ2v) is 35.3. The number of aliphatic hydroxyl groups excluding tert-OH is 4. The number of carbonyl (C=O) groups is 4. The fraction of sp³-hybridized carbons (Fsp3) is 0.244. The van der Waals surface area contributed by atoms with Crippen molar-refractivity contribution in [3.8, 4) is 84.0 Å². The first kappa shape index (κ1) is 94.2. The van der Waals surface area contributed by atoms with Gasteiger partial charge in [0.25, 0.3) is 0 Å². The second-order valence-electron chi connectivity index (χ2n) is 29.0. The van der Waals surface area contributed by atoms with Gasteiger partial charge < -0.3 is 46.4 Å². The van der Waals surface area contributed by atoms with Crippen molar-refractivity contribution in [3.05, 3.63) is 223 Å². The molecule has 0 spiro atoms. The van der Waals surface area contributed by atoms with E-state index < -0.39 is 35.2 Å². The van der Waals surface area contributed by atoms with Gasteiger partial charge >= 0.3 is 24.1 Å². The van der Waals surface area contributed by atoms with Crippen LogP contribution >= 0.6 is 57.1 Å². The first-order valence-electron chi connectivity index (χ1n) is 40.9. The average Bonchev–Trinajstić information content (AvgIpc) is 1.58. The summed E-state index contributed by atoms with van der Waals surface area (Å²) in [5.41, 5.74) is 18.3. The normalized spacial score (nSPS) is 12.2. The highest BCUT2D eigenvalue weighted by atomic mass is 32.2. The lowest BCUT2D eigenvalue weighted by molar-refractivity contribution is 0.188. The number of anilines is 4. The lowest BCUT2D eigenvalue weighted by atomic mass is 10.0. The van der Waals surface area contributed by atoms with Crippen molar-refractivity contribution in [1.82, 2.24) is 101 Å². The molecule has 0 bridgehead atoms. The lowest BCUT2D eigenvalue weighted by Crippen LogP contribution is -2.28. The molecule has 5 atom stereocenters. The number of aryl methyl sites for hydroxylation is 1. The molecule has 34 nitrogen and oxygen atoms in total. The van der Waals surface area contributed by atoms with Crippen molar-refractivity contribution >= 4 is 153 Å². The summed E-state index contributed by atoms with van der Waals surface area (Å²) in [6.45, 7) is 18.2. The molecule has 8 amide bonds. The molecule has 668 valence electrons. The fourth-order valence-corrected chi connectivity index (χ4v) is 17.7. The Kier molecular flexibility index (Phi) is 32.3. The summed E-state index contributed by atoms with van der Waals surface area (Å²) in [7, 11) is -0.982. The van der Waals surface area contributed by atoms with Gasteiger partial charge in [0, 0.05) is 179 Å². The van der Waals surface area contributed by atoms with Gasteiger partial charge in [-0.1, -0.05) is 57.5 Å². The summed E-state index contributed by atoms with van der Waals surface area (Å²) < 4.78 is 21.4. The molecule has 5 unspecified atom stereocenters. The van der Waals surface area contributed by atoms with E-state index in [0.29, 0.717) is 105 Å². The van der Waals surface area contributed by atoms with Gasteiger partial charge in [-0.05, 0) is 193 Å². The molecular formula is C90H92N24O10S6. The third-order valence-corrected chi connectivity index (χ3v) is 24.3. The molecule has 4 aromatic carbocycles. The number of rotatable bonds is 26. The Labute approximate surface area is 769 Å². The minimum atomic E-state index is -0.982. The highest BCUT2D eigenvalue weighted by Gasteiger charge is 2.23. The molecule has 12 N–H and O–H groups in total. The molecule has 0 saturated carbocycles. The van der Waals surface area contributed by atoms with Crippen LogP contribution in [-0.4, -0.2) is 167 Å². The Bertz CT molecular complexity index is 6650. The molecule has 0 fully saturated rings. The summed E-state index contributed by atoms with van der Waals surface area (Å²) in [6, 6.07) is 31.9. The van der Waals surface area contributed by atoms with Crippen molar-refractivity contribution in [3.63, 3.8) is 0 Å². The van der Waals surface area contributed by atoms with Crippen molar-refractivity contribution in [2.24, 2.45) is 0 Å². The third kappa shape index (κ3) is 24.7. The quantitative estimate of drug-likeness (QED) is 0.0239. The summed E-state index contributed by atoms with van der Waals surface area (Å²) >= 11 is 7.25. The highest BCUT2D eigenvalue weighted by Crippen LogP contribution is 2.44. The molecule has 130 heavy (non-hydrogen) atoms. The number of aromatic nitrogens is 16. The van der Waals surface area contributed by atoms with Crippen LogP contribution in [0.1, 0.15) is 125 Å². The van der Waals surface area contributed by atoms with Gasteiger partial charge in [-0.3, -0.25) is 45.4 Å². The van der Waals surface area contributed by atoms with Gasteiger partial charge in [-0.25, -0.2) is 79.0 Å². The first-order valence-corrected chi connectivity index (χ1v) is 47.3. The predicted molar refractivity (Wildman–Crippen MR) is 514 cm³/mol. The maximum atomic E-state index is 12.0. The molecule has 0 aliphatic carbocycles. The van der Waals surface area contributed by atoms with Gasteiger partial charge in [0.05, 0.1) is 57.9 Å². The van der Waals surface area contributed by atoms with E-state index in [1.165, 1.54) is 50.9 Å². The number of amides is 8. The Hall–Kier alpha value is -13.4. The van der Waals surface area contributed by atoms with Crippen LogP contribution in [0.5, 0.6) is 5.75 Å². The fourth-order valence-electron chi connectivity index (χ4n) is 12.8. The number of ether oxygens (including phenoxy) is 1. The van der Waals surface area contributed by atoms with Gasteiger partial charge in [-0.2, -0.15) is 11.8 Å². The number of carbonyl (C=O) groups excluding carboxylic acids is 4. The van der Waals surface area contributed by atoms with Crippen molar-refractivity contribution < 1.29 is 48.6 Å². The number of thiazole rings is 4. The summed E-state index contributed by atoms with van der Waals surface area (Å²) in [5.74, 6) is 3.38. The molecule has 0 saturated heterocycles. The molecule has 0 radical (unpaired) electrons. The summed E-state index contributed by atoms with van der Waals surface area (Å²) in [4.78, 5) is 118. The number of benzene rings is 4. The van der Waals surface area contributed by atoms with Crippen LogP contribution < -0.4 is 47.3 Å². The van der Waals surface area contributed by atoms with E-state index in [1.807, 2.05) is 138 Å². The molecule has 16 rings (SSSR count). The van der Waals surface area contributed by atoms with Crippen LogP contribution in [0.2, 0.25) is 0 Å². The number of pyridine rings is 4. The van der Waals surface area contributed by atoms with Crippen LogP contribution in [0.4, 0.5) is 39.7 Å². The first-order chi connectivity index (χ1) is 62.8. The predicted octanol–water partition coefficient (Wildman–Crippen LogP) is 17.0. The van der Waals surface area contributed by atoms with E-state index in [-0.39, 0.29) is 24.1 Å². The van der Waals surface area contributed by atoms with Crippen LogP contribution in [0, 0.1) is 6.92 Å². The van der Waals surface area contributed by atoms with E-state index in [0.717, 1.165) is 125 Å². The maximum Gasteiger partial charge on any atom is 0.321 e. The van der Waals surface area contributed by atoms with E-state index in [4.69, 9.17) is 4.74 Å². The minimum absolute atomic E-state index is 0.291. The maximum absolute atomic E-state index is 12.0. The molecular weight excluding hydrogens is 1770 g/mol. The molecule has 40 heteroatoms. The van der Waals surface area contributed by atoms with Gasteiger partial charge in [0.15, 0.2) is 43.8 Å². The van der Waals surface area contributed by atoms with Crippen LogP contribution in [0.15, 0.2) is 177 Å². The second kappa shape index (κ2) is 44.5. The standard InChI is InChI=1S/C23H24N6O3S2.C23H24N6O3S.C23H24N6O2S2.C21H20N6O2S/c1-4-24-22(31)29-23-28-19-9-15(16-10-26-21(13(2)30)27-11-16)8-17(20(19)33-23)18-7-14(5-6-25-18)12-34(3)32;1-4-24-22(31)29-23-28-18-7-16(17-10-26-21(14(3)30)27-11-17)8-19(20(18)33-23)32-12-15-6-5-13(2)25-9-15;1-4-24-22(31)29-23-28-19-9-15(16-10-26-21(13(2)30)27-11-16)8-17(20(19)33-23)18-7-14(12-32-3)5-6-25-18;1-3-22-20(29)27-21-26-17-9-13(14-10-24-19(12(2)28)25-11-14)8-15(18(17)30-21)16-6-4-5-7-23-16/h5-11,13,30H,4,12H2,1-3H3,(H2,24,28,29,31);5-11,14,30H,4,12H2,1-3H3,(H2,24,28,29,31);5-11,13,30H,4,12H2,1-3H3,(H2,24,28,29,31);4-12,28H,3H2,1-2H3,(H2,22,26,27,29). The summed E-state index contributed by atoms with van der Waals surface area (Å²) in [5, 5.41) is 62.6. The third-order valence-electron chi connectivity index (χ3n) is 18.9. The monoisotopic (exact) mass is 1860 g/mol. The van der Waals surface area contributed by atoms with Crippen molar-refractivity contribution in [2.45, 2.75) is 105 Å². The number of nitrogens with one attached hydrogen (secondary N) is 8. The zero-order valence-corrected chi connectivity index (χ0v) is 77.2. The molecule has 0 aliphatic rings. The number of hydrogen-bond donors (Lipinski definition) is 12. The Morgan fingerprint density at radius 3 is 1.08 bits per heavy atom. The minimum Gasteiger partial charge on any atom is -0.487 e. The van der Waals surface area contributed by atoms with E-state index in [9.17, 15) is 43.8 Å². The number of urea groups is 4. The Morgan fingerprint density at radius 2 is 0.738 bits per heavy atom. The van der Waals surface area contributed by atoms with Gasteiger partial charge in [-0.15, -0.1) is 0 Å². The number of nitrogens with zero attached hydrogens (tertiary/aromatic N) is 16. The highest BCUT2D eigenvalue weighted by molar-refractivity contribution is 7.97. The van der Waals surface area contributed by atoms with Crippen LogP contribution in [-0.2, 0) is 28.9 Å². The SMILES string of the molecule is CCNC(=O)Nc1nc2cc(-c3cnc(C(C)O)nc3)cc(-c3cc(CS(C)=O)ccn3)c2s1.CCNC(=O)Nc1nc2cc(-c3cnc(C(C)O)nc3)cc(-c3cc(CSC)ccn3)c2s1.CCNC(=O)Nc1nc2cc(-c3cnc(C(C)O)nc3)cc(-c3ccccn3)c2s1.CCNC(=O)Nc1nc2cc(-c3cnc(C(C)O)nc3)cc(OCc3ccc(C)nc3)c2s1. The Balaban J connectivity index is 0.000000148. The van der Waals surface area contributed by atoms with Crippen molar-refractivity contribution in [1.29, 1.82) is 0 Å². The average molecular weight is 1860 g/mol. The largest absolute Gasteiger partial charge is 0.487 e. The van der Waals surface area contributed by atoms with E-state index >= 15 is 0 Å². The van der Waals surface area contributed by atoms with Crippen LogP contribution in [0.25, 0.3) is 119 Å². The number of aliphatic hydroxyl groups is 4. The Morgan fingerprint density at radius 1 is 0.392 bits per heavy atom. The number of fused-ring (bicyclic) bond motifs is 4. The molecule has 12 aromatic heterocycles. The van der Waals surface area contributed by atoms with Gasteiger partial charge in [0.2, 0.25) is 0 Å². The summed E-state index contributed by atoms with van der Waals surface area (Å²) in [6.07, 6.45) is 21.2. The molecule has 12 heterocycles. The zero-order valence-electron chi connectivity index (χ0n) is 72.3. The molecule has 0 aliphatic heterocycles. The van der Waals surface area contributed by atoms with Gasteiger partial charge in [0.1, 0.15) is 36.8 Å². The number of thioether (sulfide) groups is 1. The number of hydrogen-bond acceptors (Lipinski definition) is 31. The van der Waals surface area contributed by atoms with E-state index in [2.05, 4.69) is 135 Å². The van der Waals surface area contributed by atoms with E-state index in [1.54, 1.807) is 114 Å². The topological polar surface area (TPSA) is 478 Å². The van der Waals surface area contributed by atoms with Crippen molar-refractivity contribution in [2.75, 3.05) is 60.0 Å². The zero-order chi connectivity index (χ0) is 92.1. The molecule has 16 aromatic rings. The van der Waals surface area contributed by atoms with Crippen LogP contribution in [0.3, 0.4) is 0 Å².